The van der Waals surface area contributed by atoms with Gasteiger partial charge in [-0.3, -0.25) is 0 Å². The van der Waals surface area contributed by atoms with Gasteiger partial charge in [0, 0.05) is 65.8 Å². The molecule has 4 heterocycles. The van der Waals surface area contributed by atoms with Crippen LogP contribution in [0.3, 0.4) is 0 Å². The normalized spacial score (nSPS) is 12.0. The van der Waals surface area contributed by atoms with Gasteiger partial charge >= 0.3 is 0 Å². The summed E-state index contributed by atoms with van der Waals surface area (Å²) >= 11 is 0. The number of hydrogen-bond acceptors (Lipinski definition) is 0. The average Bonchev–Trinajstić information content (AvgIpc) is 1.55. The molecule has 0 radical (unpaired) electrons. The Morgan fingerprint density at radius 2 is 0.433 bits per heavy atom. The van der Waals surface area contributed by atoms with Gasteiger partial charge in [0.25, 0.3) is 0 Å². The minimum Gasteiger partial charge on any atom is -0.309 e. The Balaban J connectivity index is 0.675. The summed E-state index contributed by atoms with van der Waals surface area (Å²) in [6.07, 6.45) is 0. The van der Waals surface area contributed by atoms with Gasteiger partial charge in [-0.1, -0.05) is 237 Å². The number of aromatic nitrogens is 4. The number of rotatable bonds is 9. The zero-order chi connectivity index (χ0) is 68.1. The molecule has 22 rings (SSSR count). The number of nitrogens with zero attached hydrogens (tertiary/aromatic N) is 4. The fourth-order valence-electron chi connectivity index (χ4n) is 17.3. The fraction of sp³-hybridized carbons (Fsp3) is 0. The van der Waals surface area contributed by atoms with Gasteiger partial charge < -0.3 is 18.3 Å². The van der Waals surface area contributed by atoms with E-state index < -0.39 is 0 Å². The summed E-state index contributed by atoms with van der Waals surface area (Å²) in [7, 11) is 0. The van der Waals surface area contributed by atoms with Gasteiger partial charge in [-0.25, -0.2) is 0 Å². The summed E-state index contributed by atoms with van der Waals surface area (Å²) in [5.74, 6) is 0. The van der Waals surface area contributed by atoms with Crippen LogP contribution in [-0.4, -0.2) is 18.3 Å². The maximum absolute atomic E-state index is 2.50. The lowest BCUT2D eigenvalue weighted by atomic mass is 9.96. The number of benzene rings is 18. The van der Waals surface area contributed by atoms with Crippen LogP contribution in [0.2, 0.25) is 0 Å². The molecule has 0 fully saturated rings. The van der Waals surface area contributed by atoms with Crippen LogP contribution in [-0.2, 0) is 0 Å². The molecule has 0 N–H and O–H groups in total. The Hall–Kier alpha value is -13.8. The zero-order valence-electron chi connectivity index (χ0n) is 56.6. The third-order valence-electron chi connectivity index (χ3n) is 22.3. The molecule has 4 aromatic heterocycles. The van der Waals surface area contributed by atoms with Crippen LogP contribution < -0.4 is 0 Å². The van der Waals surface area contributed by atoms with Gasteiger partial charge in [0.15, 0.2) is 0 Å². The smallest absolute Gasteiger partial charge is 0.0547 e. The highest BCUT2D eigenvalue weighted by Gasteiger charge is 2.22. The molecule has 0 amide bonds. The first-order valence-corrected chi connectivity index (χ1v) is 35.9. The third-order valence-corrected chi connectivity index (χ3v) is 22.3. The van der Waals surface area contributed by atoms with Crippen molar-refractivity contribution >= 4 is 130 Å². The van der Waals surface area contributed by atoms with Crippen molar-refractivity contribution in [3.8, 4) is 78.4 Å². The van der Waals surface area contributed by atoms with Crippen LogP contribution in [0.1, 0.15) is 0 Å². The summed E-state index contributed by atoms with van der Waals surface area (Å²) < 4.78 is 9.79. The first-order valence-electron chi connectivity index (χ1n) is 35.9. The van der Waals surface area contributed by atoms with Gasteiger partial charge in [-0.05, 0) is 238 Å². The zero-order valence-corrected chi connectivity index (χ0v) is 56.6. The van der Waals surface area contributed by atoms with E-state index in [1.165, 1.54) is 153 Å². The molecule has 0 bridgehead atoms. The minimum absolute atomic E-state index is 1.12. The van der Waals surface area contributed by atoms with Crippen molar-refractivity contribution in [2.24, 2.45) is 0 Å². The Labute approximate surface area is 599 Å². The monoisotopic (exact) mass is 1320 g/mol. The molecule has 0 unspecified atom stereocenters. The van der Waals surface area contributed by atoms with Crippen LogP contribution in [0.25, 0.3) is 209 Å². The first kappa shape index (κ1) is 58.0. The molecule has 4 heteroatoms. The largest absolute Gasteiger partial charge is 0.309 e. The van der Waals surface area contributed by atoms with E-state index in [1.54, 1.807) is 0 Å². The van der Waals surface area contributed by atoms with E-state index in [2.05, 4.69) is 394 Å². The second-order valence-electron chi connectivity index (χ2n) is 28.0. The molecule has 4 nitrogen and oxygen atoms in total. The maximum atomic E-state index is 2.50. The standard InChI is InChI=1S/C100H62N4/c1-3-20-79(21-4-1)101-93-28-13-11-25-85(93)89-57-70(40-48-95(89)101)73-43-51-98-92(60-73)88-47-39-75(62-100(88)104(98)82-45-37-64-31-34-69(53-77(64)55-82)68-33-30-63-16-7-8-18-67(63)52-68)74-38-46-87-91-59-72(41-49-96(91)102(99(87)61-74)80-22-5-2-6-23-80)71-42-50-97-90(58-71)86-26-12-14-29-94(86)103(97)81-44-36-65-32-35-76(54-78(65)56-81)84-27-15-19-66-17-9-10-24-83(66)84/h1-62H. The molecule has 22 aromatic rings. The second kappa shape index (κ2) is 22.9. The van der Waals surface area contributed by atoms with Crippen molar-refractivity contribution in [3.05, 3.63) is 376 Å². The molecule has 0 aliphatic rings. The minimum atomic E-state index is 1.12. The SMILES string of the molecule is c1ccc(-n2c3ccccc3c3cc(-c4ccc5c(c4)c4ccc(-c6ccc7c8cc(-c9ccc%10c(c9)c9ccccc9n%10-c9ccc%10ccc(-c%11cccc%12ccccc%11%12)cc%10c9)ccc8n(-c8ccccc8)c7c6)cc4n5-c4ccc5ccc(-c6ccc7ccccc7c6)cc5c4)ccc32)cc1. The molecule has 0 aliphatic heterocycles. The highest BCUT2D eigenvalue weighted by molar-refractivity contribution is 6.16. The fourth-order valence-corrected chi connectivity index (χ4v) is 17.3. The Morgan fingerprint density at radius 1 is 0.125 bits per heavy atom. The van der Waals surface area contributed by atoms with Crippen LogP contribution in [0.15, 0.2) is 376 Å². The van der Waals surface area contributed by atoms with E-state index >= 15 is 0 Å². The Bertz CT molecular complexity index is 7340. The summed E-state index contributed by atoms with van der Waals surface area (Å²) in [6, 6.07) is 140. The second-order valence-corrected chi connectivity index (χ2v) is 28.0. The number of hydrogen-bond donors (Lipinski definition) is 0. The lowest BCUT2D eigenvalue weighted by Crippen LogP contribution is -1.95. The summed E-state index contributed by atoms with van der Waals surface area (Å²) in [4.78, 5) is 0. The van der Waals surface area contributed by atoms with Crippen molar-refractivity contribution in [2.75, 3.05) is 0 Å². The number of para-hydroxylation sites is 4. The van der Waals surface area contributed by atoms with Gasteiger partial charge in [-0.2, -0.15) is 0 Å². The molecular weight excluding hydrogens is 1260 g/mol. The molecule has 0 spiro atoms. The molecule has 0 saturated heterocycles. The van der Waals surface area contributed by atoms with Crippen molar-refractivity contribution in [3.63, 3.8) is 0 Å². The molecule has 104 heavy (non-hydrogen) atoms. The summed E-state index contributed by atoms with van der Waals surface area (Å²) in [6.45, 7) is 0. The van der Waals surface area contributed by atoms with E-state index in [1.807, 2.05) is 0 Å². The van der Waals surface area contributed by atoms with E-state index in [-0.39, 0.29) is 0 Å². The molecule has 482 valence electrons. The first-order chi connectivity index (χ1) is 51.5. The lowest BCUT2D eigenvalue weighted by molar-refractivity contribution is 1.18. The molecule has 0 aliphatic carbocycles. The Morgan fingerprint density at radius 3 is 0.942 bits per heavy atom. The van der Waals surface area contributed by atoms with Crippen LogP contribution in [0.4, 0.5) is 0 Å². The van der Waals surface area contributed by atoms with Crippen molar-refractivity contribution < 1.29 is 0 Å². The molecule has 0 saturated carbocycles. The van der Waals surface area contributed by atoms with Gasteiger partial charge in [-0.15, -0.1) is 0 Å². The highest BCUT2D eigenvalue weighted by Crippen LogP contribution is 2.45. The summed E-state index contributed by atoms with van der Waals surface area (Å²) in [5.41, 5.74) is 25.8. The van der Waals surface area contributed by atoms with E-state index in [0.29, 0.717) is 0 Å². The average molecular weight is 1320 g/mol. The summed E-state index contributed by atoms with van der Waals surface area (Å²) in [5, 5.41) is 19.6. The van der Waals surface area contributed by atoms with Gasteiger partial charge in [0.05, 0.1) is 44.1 Å². The van der Waals surface area contributed by atoms with Crippen molar-refractivity contribution in [2.45, 2.75) is 0 Å². The lowest BCUT2D eigenvalue weighted by Gasteiger charge is -2.12. The van der Waals surface area contributed by atoms with Crippen molar-refractivity contribution in [1.29, 1.82) is 0 Å². The predicted octanol–water partition coefficient (Wildman–Crippen LogP) is 27.0. The quantitative estimate of drug-likeness (QED) is 0.137. The topological polar surface area (TPSA) is 19.7 Å². The predicted molar refractivity (Wildman–Crippen MR) is 441 cm³/mol. The van der Waals surface area contributed by atoms with Crippen LogP contribution in [0, 0.1) is 0 Å². The van der Waals surface area contributed by atoms with Gasteiger partial charge in [0.2, 0.25) is 0 Å². The highest BCUT2D eigenvalue weighted by atomic mass is 15.0. The molecular formula is C100H62N4. The number of fused-ring (bicyclic) bond motifs is 16. The van der Waals surface area contributed by atoms with Crippen molar-refractivity contribution in [1.82, 2.24) is 18.3 Å². The maximum Gasteiger partial charge on any atom is 0.0547 e. The van der Waals surface area contributed by atoms with E-state index in [0.717, 1.165) is 55.9 Å². The molecule has 0 atom stereocenters. The Kier molecular flexibility index (Phi) is 12.8. The third kappa shape index (κ3) is 9.12. The van der Waals surface area contributed by atoms with Gasteiger partial charge in [0.1, 0.15) is 0 Å². The molecule has 18 aromatic carbocycles. The van der Waals surface area contributed by atoms with E-state index in [4.69, 9.17) is 0 Å². The van der Waals surface area contributed by atoms with Crippen LogP contribution in [0.5, 0.6) is 0 Å². The van der Waals surface area contributed by atoms with E-state index in [9.17, 15) is 0 Å². The van der Waals surface area contributed by atoms with Crippen LogP contribution >= 0.6 is 0 Å².